The molecule has 3 atom stereocenters. The summed E-state index contributed by atoms with van der Waals surface area (Å²) in [6.07, 6.45) is 5.68. The van der Waals surface area contributed by atoms with Crippen molar-refractivity contribution in [1.82, 2.24) is 5.32 Å². The van der Waals surface area contributed by atoms with Crippen molar-refractivity contribution in [3.63, 3.8) is 0 Å². The van der Waals surface area contributed by atoms with Gasteiger partial charge in [-0.05, 0) is 48.6 Å². The van der Waals surface area contributed by atoms with Crippen LogP contribution in [0.2, 0.25) is 0 Å². The highest BCUT2D eigenvalue weighted by atomic mass is 79.9. The number of fused-ring (bicyclic) bond motifs is 1. The van der Waals surface area contributed by atoms with Crippen molar-refractivity contribution < 1.29 is 0 Å². The second kappa shape index (κ2) is 6.66. The quantitative estimate of drug-likeness (QED) is 0.789. The Morgan fingerprint density at radius 3 is 2.61 bits per heavy atom. The monoisotopic (exact) mass is 370 g/mol. The van der Waals surface area contributed by atoms with E-state index in [1.54, 1.807) is 0 Å². The van der Waals surface area contributed by atoms with Gasteiger partial charge >= 0.3 is 0 Å². The van der Waals surface area contributed by atoms with Crippen molar-refractivity contribution >= 4 is 21.6 Å². The second-order valence-electron chi connectivity index (χ2n) is 6.76. The molecule has 4 rings (SSSR count). The first-order valence-corrected chi connectivity index (χ1v) is 9.44. The van der Waals surface area contributed by atoms with Crippen molar-refractivity contribution in [3.05, 3.63) is 64.6 Å². The highest BCUT2D eigenvalue weighted by Crippen LogP contribution is 2.37. The minimum absolute atomic E-state index is 0.259. The van der Waals surface area contributed by atoms with Crippen LogP contribution in [0.1, 0.15) is 37.4 Å². The van der Waals surface area contributed by atoms with E-state index >= 15 is 0 Å². The number of benzene rings is 2. The predicted octanol–water partition coefficient (Wildman–Crippen LogP) is 5.12. The molecule has 2 fully saturated rings. The summed E-state index contributed by atoms with van der Waals surface area (Å²) in [5.74, 6) is 0.771. The molecule has 0 bridgehead atoms. The van der Waals surface area contributed by atoms with Crippen molar-refractivity contribution in [1.29, 1.82) is 0 Å². The van der Waals surface area contributed by atoms with Crippen LogP contribution in [-0.4, -0.2) is 12.6 Å². The van der Waals surface area contributed by atoms with Gasteiger partial charge in [-0.2, -0.15) is 0 Å². The molecule has 1 heterocycles. The molecular weight excluding hydrogens is 348 g/mol. The summed E-state index contributed by atoms with van der Waals surface area (Å²) in [7, 11) is 0. The summed E-state index contributed by atoms with van der Waals surface area (Å²) in [6.45, 7) is 1.15. The number of para-hydroxylation sites is 1. The van der Waals surface area contributed by atoms with E-state index in [9.17, 15) is 0 Å². The number of hydrogen-bond acceptors (Lipinski definition) is 2. The fourth-order valence-electron chi connectivity index (χ4n) is 4.12. The van der Waals surface area contributed by atoms with Crippen molar-refractivity contribution in [2.75, 3.05) is 11.4 Å². The Morgan fingerprint density at radius 2 is 1.78 bits per heavy atom. The molecule has 2 aliphatic rings. The molecule has 1 aliphatic heterocycles. The maximum atomic E-state index is 3.95. The Hall–Kier alpha value is -1.32. The minimum atomic E-state index is 0.259. The Morgan fingerprint density at radius 1 is 0.957 bits per heavy atom. The summed E-state index contributed by atoms with van der Waals surface area (Å²) in [5.41, 5.74) is 2.65. The van der Waals surface area contributed by atoms with Gasteiger partial charge in [-0.1, -0.05) is 59.1 Å². The number of anilines is 1. The summed E-state index contributed by atoms with van der Waals surface area (Å²) < 4.78 is 1.15. The maximum Gasteiger partial charge on any atom is 0.106 e. The molecule has 2 aromatic carbocycles. The SMILES string of the molecule is Brc1cccc([C@@H]2N[C@@H]3CCCC[C@H]3CN2c2ccccc2)c1. The fourth-order valence-corrected chi connectivity index (χ4v) is 4.54. The largest absolute Gasteiger partial charge is 0.352 e. The lowest BCUT2D eigenvalue weighted by Crippen LogP contribution is -2.56. The van der Waals surface area contributed by atoms with Gasteiger partial charge in [0.15, 0.2) is 0 Å². The standard InChI is InChI=1S/C20H23BrN2/c21-17-9-6-8-15(13-17)20-22-19-12-5-4-7-16(19)14-23(20)18-10-2-1-3-11-18/h1-3,6,8-11,13,16,19-20,22H,4-5,7,12,14H2/t16-,19+,20+/m0/s1. The molecular formula is C20H23BrN2. The zero-order valence-corrected chi connectivity index (χ0v) is 14.9. The molecule has 0 aromatic heterocycles. The van der Waals surface area contributed by atoms with Crippen molar-refractivity contribution in [2.24, 2.45) is 5.92 Å². The zero-order valence-electron chi connectivity index (χ0n) is 13.3. The third kappa shape index (κ3) is 3.17. The minimum Gasteiger partial charge on any atom is -0.352 e. The summed E-state index contributed by atoms with van der Waals surface area (Å²) in [6, 6.07) is 20.2. The van der Waals surface area contributed by atoms with E-state index in [0.29, 0.717) is 6.04 Å². The molecule has 0 amide bonds. The molecule has 0 unspecified atom stereocenters. The Bertz CT molecular complexity index is 658. The molecule has 2 nitrogen and oxygen atoms in total. The molecule has 0 radical (unpaired) electrons. The van der Waals surface area contributed by atoms with Gasteiger partial charge in [0.05, 0.1) is 0 Å². The highest BCUT2D eigenvalue weighted by molar-refractivity contribution is 9.10. The smallest absolute Gasteiger partial charge is 0.106 e. The third-order valence-corrected chi connectivity index (χ3v) is 5.77. The first kappa shape index (κ1) is 15.2. The first-order valence-electron chi connectivity index (χ1n) is 8.64. The molecule has 23 heavy (non-hydrogen) atoms. The van der Waals surface area contributed by atoms with Crippen LogP contribution < -0.4 is 10.2 Å². The van der Waals surface area contributed by atoms with Gasteiger partial charge in [0.2, 0.25) is 0 Å². The van der Waals surface area contributed by atoms with Crippen LogP contribution in [-0.2, 0) is 0 Å². The lowest BCUT2D eigenvalue weighted by atomic mass is 9.81. The van der Waals surface area contributed by atoms with E-state index < -0.39 is 0 Å². The number of hydrogen-bond donors (Lipinski definition) is 1. The topological polar surface area (TPSA) is 15.3 Å². The molecule has 3 heteroatoms. The van der Waals surface area contributed by atoms with Crippen LogP contribution in [0.25, 0.3) is 0 Å². The maximum absolute atomic E-state index is 3.95. The molecule has 0 spiro atoms. The Kier molecular flexibility index (Phi) is 4.41. The second-order valence-corrected chi connectivity index (χ2v) is 7.68. The van der Waals surface area contributed by atoms with Gasteiger partial charge < -0.3 is 4.90 Å². The fraction of sp³-hybridized carbons (Fsp3) is 0.400. The number of nitrogens with one attached hydrogen (secondary N) is 1. The van der Waals surface area contributed by atoms with E-state index in [1.807, 2.05) is 0 Å². The van der Waals surface area contributed by atoms with E-state index in [0.717, 1.165) is 16.9 Å². The third-order valence-electron chi connectivity index (χ3n) is 5.28. The molecule has 1 saturated carbocycles. The van der Waals surface area contributed by atoms with Crippen LogP contribution in [0.5, 0.6) is 0 Å². The zero-order chi connectivity index (χ0) is 15.6. The average molecular weight is 371 g/mol. The van der Waals surface area contributed by atoms with E-state index in [1.165, 1.54) is 36.9 Å². The molecule has 1 saturated heterocycles. The lowest BCUT2D eigenvalue weighted by Gasteiger charge is -2.48. The number of halogens is 1. The molecule has 1 N–H and O–H groups in total. The van der Waals surface area contributed by atoms with Crippen LogP contribution >= 0.6 is 15.9 Å². The Balaban J connectivity index is 1.70. The summed E-state index contributed by atoms with van der Waals surface area (Å²) >= 11 is 3.63. The van der Waals surface area contributed by atoms with Gasteiger partial charge in [0.25, 0.3) is 0 Å². The number of nitrogens with zero attached hydrogens (tertiary/aromatic N) is 1. The van der Waals surface area contributed by atoms with Crippen LogP contribution in [0.3, 0.4) is 0 Å². The Labute approximate surface area is 147 Å². The molecule has 2 aromatic rings. The van der Waals surface area contributed by atoms with Crippen LogP contribution in [0.15, 0.2) is 59.1 Å². The van der Waals surface area contributed by atoms with E-state index in [-0.39, 0.29) is 6.17 Å². The van der Waals surface area contributed by atoms with E-state index in [4.69, 9.17) is 0 Å². The first-order chi connectivity index (χ1) is 11.3. The lowest BCUT2D eigenvalue weighted by molar-refractivity contribution is 0.198. The molecule has 120 valence electrons. The van der Waals surface area contributed by atoms with E-state index in [2.05, 4.69) is 80.7 Å². The average Bonchev–Trinajstić information content (AvgIpc) is 2.61. The van der Waals surface area contributed by atoms with Gasteiger partial charge in [0.1, 0.15) is 6.17 Å². The van der Waals surface area contributed by atoms with Crippen molar-refractivity contribution in [2.45, 2.75) is 37.9 Å². The predicted molar refractivity (Wildman–Crippen MR) is 99.6 cm³/mol. The summed E-state index contributed by atoms with van der Waals surface area (Å²) in [4.78, 5) is 2.55. The van der Waals surface area contributed by atoms with Gasteiger partial charge in [-0.3, -0.25) is 5.32 Å². The van der Waals surface area contributed by atoms with Crippen LogP contribution in [0, 0.1) is 5.92 Å². The highest BCUT2D eigenvalue weighted by Gasteiger charge is 2.36. The molecule has 1 aliphatic carbocycles. The van der Waals surface area contributed by atoms with Crippen molar-refractivity contribution in [3.8, 4) is 0 Å². The van der Waals surface area contributed by atoms with Gasteiger partial charge in [-0.15, -0.1) is 0 Å². The van der Waals surface area contributed by atoms with Gasteiger partial charge in [-0.25, -0.2) is 0 Å². The normalized spacial score (nSPS) is 27.5. The number of rotatable bonds is 2. The van der Waals surface area contributed by atoms with Crippen LogP contribution in [0.4, 0.5) is 5.69 Å². The summed E-state index contributed by atoms with van der Waals surface area (Å²) in [5, 5.41) is 3.95. The van der Waals surface area contributed by atoms with Gasteiger partial charge in [0, 0.05) is 22.7 Å².